The van der Waals surface area contributed by atoms with Gasteiger partial charge in [0.05, 0.1) is 0 Å². The number of carbonyl (C=O) groups excluding carboxylic acids is 1. The minimum absolute atomic E-state index is 0.0629. The molecule has 1 saturated heterocycles. The summed E-state index contributed by atoms with van der Waals surface area (Å²) in [6.07, 6.45) is -1.46. The molecule has 0 bridgehead atoms. The molecule has 9 nitrogen and oxygen atoms in total. The fourth-order valence-corrected chi connectivity index (χ4v) is 5.07. The molecule has 5 N–H and O–H groups in total. The molecule has 22 heavy (non-hydrogen) atoms. The number of amides is 1. The van der Waals surface area contributed by atoms with Gasteiger partial charge in [-0.05, 0) is 0 Å². The van der Waals surface area contributed by atoms with Crippen LogP contribution in [0.5, 0.6) is 0 Å². The summed E-state index contributed by atoms with van der Waals surface area (Å²) in [5.74, 6) is 0.686. The average Bonchev–Trinajstić information content (AvgIpc) is 2.89. The molecule has 118 valence electrons. The number of ether oxygens (including phenoxy) is 1. The maximum atomic E-state index is 11.8. The normalized spacial score (nSPS) is 24.0. The van der Waals surface area contributed by atoms with Crippen LogP contribution >= 0.6 is 34.9 Å². The summed E-state index contributed by atoms with van der Waals surface area (Å²) < 4.78 is 5.48. The Kier molecular flexibility index (Phi) is 4.16. The molecule has 1 amide bonds. The summed E-state index contributed by atoms with van der Waals surface area (Å²) in [5, 5.41) is 16.6. The van der Waals surface area contributed by atoms with E-state index in [1.807, 2.05) is 0 Å². The van der Waals surface area contributed by atoms with E-state index in [4.69, 9.17) is 21.3 Å². The summed E-state index contributed by atoms with van der Waals surface area (Å²) in [6.45, 7) is 0. The van der Waals surface area contributed by atoms with Gasteiger partial charge in [-0.1, -0.05) is 23.1 Å². The molecule has 0 saturated carbocycles. The summed E-state index contributed by atoms with van der Waals surface area (Å²) in [7, 11) is 0. The number of carbonyl (C=O) groups is 2. The smallest absolute Gasteiger partial charge is 0.449 e. The molecule has 3 heterocycles. The van der Waals surface area contributed by atoms with E-state index in [1.165, 1.54) is 39.8 Å². The zero-order valence-corrected chi connectivity index (χ0v) is 13.4. The Hall–Kier alpha value is -1.50. The van der Waals surface area contributed by atoms with Gasteiger partial charge in [0.25, 0.3) is 0 Å². The Labute approximate surface area is 137 Å². The van der Waals surface area contributed by atoms with Gasteiger partial charge in [0.15, 0.2) is 4.34 Å². The molecule has 2 aliphatic rings. The highest BCUT2D eigenvalue weighted by Crippen LogP contribution is 2.41. The minimum Gasteiger partial charge on any atom is -0.449 e. The monoisotopic (exact) mass is 361 g/mol. The molecule has 2 aliphatic heterocycles. The fourth-order valence-electron chi connectivity index (χ4n) is 2.03. The van der Waals surface area contributed by atoms with Crippen LogP contribution in [0, 0.1) is 0 Å². The van der Waals surface area contributed by atoms with E-state index in [2.05, 4.69) is 10.2 Å². The lowest BCUT2D eigenvalue weighted by Gasteiger charge is -2.47. The molecule has 0 spiro atoms. The first-order valence-electron chi connectivity index (χ1n) is 6.02. The number of nitrogens with zero attached hydrogens (tertiary/aromatic N) is 3. The lowest BCUT2D eigenvalue weighted by Crippen LogP contribution is -2.68. The number of aromatic nitrogens is 2. The second-order valence-corrected chi connectivity index (χ2v) is 7.74. The number of fused-ring (bicyclic) bond motifs is 1. The third-order valence-corrected chi connectivity index (χ3v) is 6.34. The van der Waals surface area contributed by atoms with Gasteiger partial charge in [0.1, 0.15) is 11.4 Å². The van der Waals surface area contributed by atoms with Gasteiger partial charge >= 0.3 is 6.16 Å². The van der Waals surface area contributed by atoms with E-state index in [9.17, 15) is 9.59 Å². The van der Waals surface area contributed by atoms with Gasteiger partial charge in [0.2, 0.25) is 16.9 Å². The second kappa shape index (κ2) is 5.95. The third kappa shape index (κ3) is 2.74. The molecule has 12 heteroatoms. The minimum atomic E-state index is -1.46. The first-order chi connectivity index (χ1) is 10.5. The van der Waals surface area contributed by atoms with Crippen molar-refractivity contribution in [2.45, 2.75) is 15.8 Å². The van der Waals surface area contributed by atoms with Gasteiger partial charge in [-0.25, -0.2) is 4.79 Å². The van der Waals surface area contributed by atoms with E-state index in [-0.39, 0.29) is 17.2 Å². The van der Waals surface area contributed by atoms with Crippen molar-refractivity contribution in [2.75, 3.05) is 17.2 Å². The number of rotatable bonds is 4. The maximum Gasteiger partial charge on any atom is 0.512 e. The zero-order valence-electron chi connectivity index (χ0n) is 11.0. The van der Waals surface area contributed by atoms with E-state index < -0.39 is 12.2 Å². The van der Waals surface area contributed by atoms with Crippen molar-refractivity contribution >= 4 is 52.1 Å². The van der Waals surface area contributed by atoms with E-state index >= 15 is 0 Å². The van der Waals surface area contributed by atoms with Gasteiger partial charge in [-0.2, -0.15) is 0 Å². The Balaban J connectivity index is 1.79. The van der Waals surface area contributed by atoms with Crippen molar-refractivity contribution in [1.82, 2.24) is 15.1 Å². The standard InChI is InChI=1S/C10H11N5O4S3/c11-4-5(16)15-6(19-10(17)18)3(1-20-7(4)15)2-21-9-14-13-8(12)22-9/h4,7H,1-2,11H2,(H2,12,13)(H,17,18)/t4?,7-/m0/s1. The zero-order chi connectivity index (χ0) is 15.9. The van der Waals surface area contributed by atoms with Crippen molar-refractivity contribution in [1.29, 1.82) is 0 Å². The molecular weight excluding hydrogens is 350 g/mol. The predicted molar refractivity (Wildman–Crippen MR) is 82.2 cm³/mol. The number of nitrogen functional groups attached to an aromatic ring is 1. The van der Waals surface area contributed by atoms with Gasteiger partial charge < -0.3 is 21.3 Å². The van der Waals surface area contributed by atoms with E-state index in [1.54, 1.807) is 0 Å². The second-order valence-electron chi connectivity index (χ2n) is 4.41. The number of β-lactam (4-membered cyclic amide) rings is 1. The molecule has 1 aromatic heterocycles. The Morgan fingerprint density at radius 3 is 2.95 bits per heavy atom. The van der Waals surface area contributed by atoms with Crippen LogP contribution in [0.1, 0.15) is 0 Å². The van der Waals surface area contributed by atoms with Crippen LogP contribution in [0.25, 0.3) is 0 Å². The molecular formula is C10H11N5O4S3. The lowest BCUT2D eigenvalue weighted by molar-refractivity contribution is -0.144. The van der Waals surface area contributed by atoms with Gasteiger partial charge in [-0.15, -0.1) is 22.0 Å². The molecule has 0 radical (unpaired) electrons. The quantitative estimate of drug-likeness (QED) is 0.390. The van der Waals surface area contributed by atoms with Crippen LogP contribution in [0.3, 0.4) is 0 Å². The van der Waals surface area contributed by atoms with Crippen LogP contribution in [0.2, 0.25) is 0 Å². The highest BCUT2D eigenvalue weighted by molar-refractivity contribution is 8.01. The van der Waals surface area contributed by atoms with Gasteiger partial charge in [0, 0.05) is 17.1 Å². The third-order valence-electron chi connectivity index (χ3n) is 3.01. The average molecular weight is 361 g/mol. The fraction of sp³-hybridized carbons (Fsp3) is 0.400. The molecule has 3 rings (SSSR count). The predicted octanol–water partition coefficient (Wildman–Crippen LogP) is 0.361. The van der Waals surface area contributed by atoms with Crippen LogP contribution in [-0.2, 0) is 9.53 Å². The highest BCUT2D eigenvalue weighted by Gasteiger charge is 2.51. The Bertz CT molecular complexity index is 663. The topological polar surface area (TPSA) is 145 Å². The van der Waals surface area contributed by atoms with Crippen LogP contribution in [-0.4, -0.2) is 55.2 Å². The number of hydrogen-bond donors (Lipinski definition) is 3. The summed E-state index contributed by atoms with van der Waals surface area (Å²) >= 11 is 4.08. The molecule has 0 aliphatic carbocycles. The molecule has 0 aromatic carbocycles. The van der Waals surface area contributed by atoms with Crippen LogP contribution in [0.4, 0.5) is 9.93 Å². The number of hydrogen-bond acceptors (Lipinski definition) is 10. The van der Waals surface area contributed by atoms with Crippen molar-refractivity contribution in [3.05, 3.63) is 11.5 Å². The van der Waals surface area contributed by atoms with Crippen molar-refractivity contribution in [2.24, 2.45) is 5.73 Å². The van der Waals surface area contributed by atoms with Crippen molar-refractivity contribution in [3.63, 3.8) is 0 Å². The largest absolute Gasteiger partial charge is 0.512 e. The highest BCUT2D eigenvalue weighted by atomic mass is 32.2. The van der Waals surface area contributed by atoms with Gasteiger partial charge in [-0.3, -0.25) is 9.69 Å². The molecule has 1 fully saturated rings. The van der Waals surface area contributed by atoms with Crippen molar-refractivity contribution < 1.29 is 19.4 Å². The summed E-state index contributed by atoms with van der Waals surface area (Å²) in [5.41, 5.74) is 11.9. The van der Waals surface area contributed by atoms with Crippen molar-refractivity contribution in [3.8, 4) is 0 Å². The Morgan fingerprint density at radius 1 is 1.55 bits per heavy atom. The summed E-state index contributed by atoms with van der Waals surface area (Å²) in [6, 6.07) is -0.616. The lowest BCUT2D eigenvalue weighted by atomic mass is 10.1. The van der Waals surface area contributed by atoms with Crippen LogP contribution < -0.4 is 11.5 Å². The first kappa shape index (κ1) is 15.4. The maximum absolute atomic E-state index is 11.8. The number of anilines is 1. The Morgan fingerprint density at radius 2 is 2.32 bits per heavy atom. The number of carboxylic acid groups (broad SMARTS) is 1. The number of nitrogens with two attached hydrogens (primary N) is 2. The molecule has 2 atom stereocenters. The van der Waals surface area contributed by atoms with E-state index in [0.29, 0.717) is 26.6 Å². The number of thioether (sulfide) groups is 2. The summed E-state index contributed by atoms with van der Waals surface area (Å²) in [4.78, 5) is 24.0. The molecule has 1 unspecified atom stereocenters. The first-order valence-corrected chi connectivity index (χ1v) is 8.87. The van der Waals surface area contributed by atoms with Crippen LogP contribution in [0.15, 0.2) is 15.8 Å². The van der Waals surface area contributed by atoms with E-state index in [0.717, 1.165) is 0 Å². The molecule has 1 aromatic rings. The SMILES string of the molecule is Nc1nnc(SCC2=C(OC(=O)O)N3C(=O)C(N)[C@@H]3SC2)s1.